The van der Waals surface area contributed by atoms with Crippen molar-refractivity contribution < 1.29 is 4.79 Å². The Labute approximate surface area is 150 Å². The lowest BCUT2D eigenvalue weighted by Crippen LogP contribution is -2.51. The number of piperazine rings is 1. The normalized spacial score (nSPS) is 15.2. The maximum atomic E-state index is 12.4. The Hall–Kier alpha value is -2.33. The molecule has 0 atom stereocenters. The van der Waals surface area contributed by atoms with Gasteiger partial charge in [0.25, 0.3) is 0 Å². The monoisotopic (exact) mass is 337 g/mol. The van der Waals surface area contributed by atoms with Crippen LogP contribution >= 0.6 is 0 Å². The zero-order chi connectivity index (χ0) is 17.5. The number of aryl methyl sites for hydroxylation is 1. The van der Waals surface area contributed by atoms with Crippen molar-refractivity contribution in [1.29, 1.82) is 0 Å². The highest BCUT2D eigenvalue weighted by Crippen LogP contribution is 2.08. The van der Waals surface area contributed by atoms with Gasteiger partial charge in [0.05, 0.1) is 0 Å². The van der Waals surface area contributed by atoms with Gasteiger partial charge in [0.1, 0.15) is 0 Å². The van der Waals surface area contributed by atoms with Gasteiger partial charge in [0.2, 0.25) is 0 Å². The second-order valence-corrected chi connectivity index (χ2v) is 6.65. The van der Waals surface area contributed by atoms with Crippen LogP contribution in [0.2, 0.25) is 0 Å². The van der Waals surface area contributed by atoms with Crippen molar-refractivity contribution in [1.82, 2.24) is 15.1 Å². The number of nitrogens with zero attached hydrogens (tertiary/aromatic N) is 2. The third-order valence-corrected chi connectivity index (χ3v) is 4.91. The number of carbonyl (C=O) groups excluding carboxylic acids is 1. The number of amides is 2. The molecule has 3 rings (SSSR count). The minimum Gasteiger partial charge on any atom is -0.334 e. The first-order valence-corrected chi connectivity index (χ1v) is 9.06. The molecule has 4 nitrogen and oxygen atoms in total. The molecule has 1 saturated heterocycles. The Bertz CT molecular complexity index is 679. The second kappa shape index (κ2) is 8.67. The summed E-state index contributed by atoms with van der Waals surface area (Å²) in [4.78, 5) is 16.7. The maximum absolute atomic E-state index is 12.4. The molecule has 25 heavy (non-hydrogen) atoms. The van der Waals surface area contributed by atoms with Gasteiger partial charge in [-0.05, 0) is 30.0 Å². The summed E-state index contributed by atoms with van der Waals surface area (Å²) >= 11 is 0. The van der Waals surface area contributed by atoms with Gasteiger partial charge >= 0.3 is 6.03 Å². The highest BCUT2D eigenvalue weighted by molar-refractivity contribution is 5.74. The molecule has 0 aromatic heterocycles. The number of carbonyl (C=O) groups is 1. The van der Waals surface area contributed by atoms with Crippen LogP contribution in [-0.4, -0.2) is 48.6 Å². The molecule has 1 heterocycles. The van der Waals surface area contributed by atoms with Crippen LogP contribution in [0.4, 0.5) is 4.79 Å². The van der Waals surface area contributed by atoms with Gasteiger partial charge < -0.3 is 10.2 Å². The molecule has 0 unspecified atom stereocenters. The number of nitrogens with one attached hydrogen (secondary N) is 1. The first-order chi connectivity index (χ1) is 12.2. The summed E-state index contributed by atoms with van der Waals surface area (Å²) < 4.78 is 0. The number of benzene rings is 2. The molecule has 1 aliphatic rings. The fourth-order valence-electron chi connectivity index (χ4n) is 3.20. The van der Waals surface area contributed by atoms with E-state index in [1.54, 1.807) is 0 Å². The van der Waals surface area contributed by atoms with Crippen molar-refractivity contribution >= 4 is 6.03 Å². The topological polar surface area (TPSA) is 35.6 Å². The number of hydrogen-bond donors (Lipinski definition) is 1. The van der Waals surface area contributed by atoms with Crippen LogP contribution in [0, 0.1) is 6.92 Å². The first-order valence-electron chi connectivity index (χ1n) is 9.06. The summed E-state index contributed by atoms with van der Waals surface area (Å²) in [5, 5.41) is 3.05. The van der Waals surface area contributed by atoms with E-state index in [1.165, 1.54) is 16.7 Å². The van der Waals surface area contributed by atoms with Gasteiger partial charge in [-0.15, -0.1) is 0 Å². The van der Waals surface area contributed by atoms with Crippen LogP contribution < -0.4 is 5.32 Å². The minimum atomic E-state index is 0.0472. The quantitative estimate of drug-likeness (QED) is 0.910. The zero-order valence-electron chi connectivity index (χ0n) is 14.9. The Morgan fingerprint density at radius 3 is 2.36 bits per heavy atom. The van der Waals surface area contributed by atoms with Gasteiger partial charge in [0.15, 0.2) is 0 Å². The zero-order valence-corrected chi connectivity index (χ0v) is 14.9. The summed E-state index contributed by atoms with van der Waals surface area (Å²) in [6.07, 6.45) is 1.07. The standard InChI is InChI=1S/C21H27N3O/c1-18-7-5-6-10-20(18)17-22-21(25)24-15-13-23(14-16-24)12-11-19-8-3-2-4-9-19/h2-10H,11-17H2,1H3,(H,22,25). The van der Waals surface area contributed by atoms with E-state index >= 15 is 0 Å². The fourth-order valence-corrected chi connectivity index (χ4v) is 3.20. The largest absolute Gasteiger partial charge is 0.334 e. The first kappa shape index (κ1) is 17.5. The lowest BCUT2D eigenvalue weighted by Gasteiger charge is -2.34. The number of hydrogen-bond acceptors (Lipinski definition) is 2. The van der Waals surface area contributed by atoms with E-state index in [2.05, 4.69) is 59.6 Å². The Kier molecular flexibility index (Phi) is 6.07. The van der Waals surface area contributed by atoms with Crippen molar-refractivity contribution in [3.63, 3.8) is 0 Å². The van der Waals surface area contributed by atoms with Crippen LogP contribution in [0.3, 0.4) is 0 Å². The molecule has 4 heteroatoms. The molecular weight excluding hydrogens is 310 g/mol. The van der Waals surface area contributed by atoms with Crippen LogP contribution in [0.1, 0.15) is 16.7 Å². The van der Waals surface area contributed by atoms with Gasteiger partial charge in [-0.25, -0.2) is 4.79 Å². The molecule has 0 bridgehead atoms. The van der Waals surface area contributed by atoms with Gasteiger partial charge in [0, 0.05) is 39.3 Å². The van der Waals surface area contributed by atoms with Crippen molar-refractivity contribution in [3.8, 4) is 0 Å². The van der Waals surface area contributed by atoms with Crippen LogP contribution in [-0.2, 0) is 13.0 Å². The predicted molar refractivity (Wildman–Crippen MR) is 102 cm³/mol. The Morgan fingerprint density at radius 1 is 0.960 bits per heavy atom. The smallest absolute Gasteiger partial charge is 0.317 e. The molecule has 2 aromatic rings. The van der Waals surface area contributed by atoms with Crippen molar-refractivity contribution in [3.05, 3.63) is 71.3 Å². The Balaban J connectivity index is 1.39. The highest BCUT2D eigenvalue weighted by atomic mass is 16.2. The molecule has 0 saturated carbocycles. The lowest BCUT2D eigenvalue weighted by atomic mass is 10.1. The van der Waals surface area contributed by atoms with Crippen LogP contribution in [0.15, 0.2) is 54.6 Å². The molecule has 0 spiro atoms. The molecule has 1 aliphatic heterocycles. The van der Waals surface area contributed by atoms with Gasteiger partial charge in [-0.2, -0.15) is 0 Å². The summed E-state index contributed by atoms with van der Waals surface area (Å²) in [7, 11) is 0. The van der Waals surface area contributed by atoms with E-state index in [0.717, 1.165) is 39.1 Å². The minimum absolute atomic E-state index is 0.0472. The summed E-state index contributed by atoms with van der Waals surface area (Å²) in [6.45, 7) is 7.23. The molecule has 0 radical (unpaired) electrons. The molecule has 1 fully saturated rings. The summed E-state index contributed by atoms with van der Waals surface area (Å²) in [6, 6.07) is 18.8. The number of rotatable bonds is 5. The van der Waals surface area contributed by atoms with Gasteiger partial charge in [-0.1, -0.05) is 54.6 Å². The average molecular weight is 337 g/mol. The molecular formula is C21H27N3O. The predicted octanol–water partition coefficient (Wildman–Crippen LogP) is 3.06. The molecule has 132 valence electrons. The van der Waals surface area contributed by atoms with E-state index < -0.39 is 0 Å². The number of urea groups is 1. The van der Waals surface area contributed by atoms with E-state index in [0.29, 0.717) is 6.54 Å². The molecule has 0 aliphatic carbocycles. The summed E-state index contributed by atoms with van der Waals surface area (Å²) in [5.74, 6) is 0. The van der Waals surface area contributed by atoms with Crippen LogP contribution in [0.25, 0.3) is 0 Å². The average Bonchev–Trinajstić information content (AvgIpc) is 2.67. The van der Waals surface area contributed by atoms with E-state index in [1.807, 2.05) is 17.0 Å². The van der Waals surface area contributed by atoms with Crippen LogP contribution in [0.5, 0.6) is 0 Å². The lowest BCUT2D eigenvalue weighted by molar-refractivity contribution is 0.140. The van der Waals surface area contributed by atoms with Crippen molar-refractivity contribution in [2.75, 3.05) is 32.7 Å². The third-order valence-electron chi connectivity index (χ3n) is 4.91. The molecule has 1 N–H and O–H groups in total. The highest BCUT2D eigenvalue weighted by Gasteiger charge is 2.20. The van der Waals surface area contributed by atoms with E-state index in [4.69, 9.17) is 0 Å². The fraction of sp³-hybridized carbons (Fsp3) is 0.381. The molecule has 2 amide bonds. The molecule has 2 aromatic carbocycles. The van der Waals surface area contributed by atoms with Crippen molar-refractivity contribution in [2.45, 2.75) is 19.9 Å². The van der Waals surface area contributed by atoms with Gasteiger partial charge in [-0.3, -0.25) is 4.90 Å². The Morgan fingerprint density at radius 2 is 1.64 bits per heavy atom. The maximum Gasteiger partial charge on any atom is 0.317 e. The second-order valence-electron chi connectivity index (χ2n) is 6.65. The van der Waals surface area contributed by atoms with E-state index in [-0.39, 0.29) is 6.03 Å². The third kappa shape index (κ3) is 5.07. The SMILES string of the molecule is Cc1ccccc1CNC(=O)N1CCN(CCc2ccccc2)CC1. The van der Waals surface area contributed by atoms with E-state index in [9.17, 15) is 4.79 Å². The summed E-state index contributed by atoms with van der Waals surface area (Å²) in [5.41, 5.74) is 3.77. The van der Waals surface area contributed by atoms with Crippen molar-refractivity contribution in [2.24, 2.45) is 0 Å².